The van der Waals surface area contributed by atoms with Crippen LogP contribution in [-0.2, 0) is 11.4 Å². The van der Waals surface area contributed by atoms with E-state index >= 15 is 0 Å². The number of hydrogen-bond acceptors (Lipinski definition) is 7. The van der Waals surface area contributed by atoms with Crippen LogP contribution in [-0.4, -0.2) is 37.9 Å². The lowest BCUT2D eigenvalue weighted by Crippen LogP contribution is -2.17. The molecule has 1 unspecified atom stereocenters. The molecule has 2 aromatic heterocycles. The van der Waals surface area contributed by atoms with E-state index in [0.717, 1.165) is 26.7 Å². The zero-order chi connectivity index (χ0) is 17.2. The Balaban J connectivity index is 1.53. The maximum absolute atomic E-state index is 11.0. The smallest absolute Gasteiger partial charge is 0.329 e. The summed E-state index contributed by atoms with van der Waals surface area (Å²) in [7, 11) is 0. The molecular formula is C17H13N3O3S2. The van der Waals surface area contributed by atoms with Gasteiger partial charge >= 0.3 is 5.97 Å². The molecule has 0 fully saturated rings. The molecule has 6 nitrogen and oxygen atoms in total. The molecule has 0 bridgehead atoms. The summed E-state index contributed by atoms with van der Waals surface area (Å²) in [6.45, 7) is 0.404. The number of ether oxygens (including phenoxy) is 1. The Morgan fingerprint density at radius 1 is 1.32 bits per heavy atom. The van der Waals surface area contributed by atoms with Gasteiger partial charge in [0.05, 0.1) is 15.9 Å². The fourth-order valence-corrected chi connectivity index (χ4v) is 4.44. The van der Waals surface area contributed by atoms with Crippen LogP contribution in [0.5, 0.6) is 5.75 Å². The number of aliphatic imine (C=N–C) groups is 1. The first-order chi connectivity index (χ1) is 12.2. The molecule has 1 atom stereocenters. The number of hydrogen-bond donors (Lipinski definition) is 1. The Morgan fingerprint density at radius 3 is 3.00 bits per heavy atom. The fourth-order valence-electron chi connectivity index (χ4n) is 2.34. The first-order valence-corrected chi connectivity index (χ1v) is 9.36. The Hall–Kier alpha value is -2.45. The molecule has 0 radical (unpaired) electrons. The number of thioether (sulfide) groups is 1. The van der Waals surface area contributed by atoms with Crippen LogP contribution in [0.3, 0.4) is 0 Å². The molecule has 8 heteroatoms. The third-order valence-corrected chi connectivity index (χ3v) is 5.80. The van der Waals surface area contributed by atoms with Crippen LogP contribution in [0.25, 0.3) is 10.2 Å². The van der Waals surface area contributed by atoms with Crippen molar-refractivity contribution in [3.8, 4) is 5.75 Å². The molecule has 1 aliphatic heterocycles. The van der Waals surface area contributed by atoms with Crippen LogP contribution in [0.2, 0.25) is 0 Å². The topological polar surface area (TPSA) is 84.7 Å². The largest absolute Gasteiger partial charge is 0.487 e. The van der Waals surface area contributed by atoms with E-state index in [1.54, 1.807) is 6.20 Å². The summed E-state index contributed by atoms with van der Waals surface area (Å²) in [6.07, 6.45) is 1.74. The van der Waals surface area contributed by atoms with E-state index in [4.69, 9.17) is 9.84 Å². The van der Waals surface area contributed by atoms with Crippen LogP contribution in [0.1, 0.15) is 10.7 Å². The molecule has 0 aliphatic carbocycles. The van der Waals surface area contributed by atoms with Crippen molar-refractivity contribution in [2.24, 2.45) is 4.99 Å². The maximum Gasteiger partial charge on any atom is 0.329 e. The van der Waals surface area contributed by atoms with Gasteiger partial charge in [0.15, 0.2) is 6.04 Å². The molecule has 25 heavy (non-hydrogen) atoms. The van der Waals surface area contributed by atoms with E-state index in [1.807, 2.05) is 36.4 Å². The molecule has 0 amide bonds. The molecule has 0 spiro atoms. The predicted octanol–water partition coefficient (Wildman–Crippen LogP) is 3.22. The highest BCUT2D eigenvalue weighted by molar-refractivity contribution is 8.15. The Morgan fingerprint density at radius 2 is 2.24 bits per heavy atom. The number of fused-ring (bicyclic) bond motifs is 1. The van der Waals surface area contributed by atoms with Crippen LogP contribution in [0.15, 0.2) is 47.6 Å². The van der Waals surface area contributed by atoms with Gasteiger partial charge in [0.2, 0.25) is 0 Å². The summed E-state index contributed by atoms with van der Waals surface area (Å²) in [5.41, 5.74) is 1.72. The van der Waals surface area contributed by atoms with E-state index < -0.39 is 12.0 Å². The lowest BCUT2D eigenvalue weighted by molar-refractivity contribution is -0.137. The lowest BCUT2D eigenvalue weighted by Gasteiger charge is -2.05. The van der Waals surface area contributed by atoms with Crippen LogP contribution < -0.4 is 4.74 Å². The van der Waals surface area contributed by atoms with E-state index in [9.17, 15) is 4.79 Å². The Bertz CT molecular complexity index is 956. The third-order valence-electron chi connectivity index (χ3n) is 3.59. The van der Waals surface area contributed by atoms with Crippen molar-refractivity contribution in [1.29, 1.82) is 0 Å². The lowest BCUT2D eigenvalue weighted by atomic mass is 10.3. The predicted molar refractivity (Wildman–Crippen MR) is 98.6 cm³/mol. The van der Waals surface area contributed by atoms with Crippen molar-refractivity contribution < 1.29 is 14.6 Å². The van der Waals surface area contributed by atoms with Crippen molar-refractivity contribution in [2.75, 3.05) is 5.75 Å². The summed E-state index contributed by atoms with van der Waals surface area (Å²) in [4.78, 5) is 24.1. The molecule has 3 aromatic rings. The van der Waals surface area contributed by atoms with Crippen molar-refractivity contribution in [3.63, 3.8) is 0 Å². The molecule has 126 valence electrons. The van der Waals surface area contributed by atoms with Gasteiger partial charge in [0, 0.05) is 11.9 Å². The number of nitrogens with zero attached hydrogens (tertiary/aromatic N) is 3. The Kier molecular flexibility index (Phi) is 4.37. The molecule has 0 saturated heterocycles. The van der Waals surface area contributed by atoms with E-state index in [2.05, 4.69) is 15.0 Å². The number of aromatic nitrogens is 2. The normalized spacial score (nSPS) is 16.8. The fraction of sp³-hybridized carbons (Fsp3) is 0.176. The monoisotopic (exact) mass is 371 g/mol. The first kappa shape index (κ1) is 16.0. The highest BCUT2D eigenvalue weighted by atomic mass is 32.2. The van der Waals surface area contributed by atoms with Gasteiger partial charge in [-0.15, -0.1) is 23.1 Å². The van der Waals surface area contributed by atoms with E-state index in [0.29, 0.717) is 17.4 Å². The second-order valence-electron chi connectivity index (χ2n) is 5.36. The van der Waals surface area contributed by atoms with Gasteiger partial charge in [-0.1, -0.05) is 6.07 Å². The second kappa shape index (κ2) is 6.81. The summed E-state index contributed by atoms with van der Waals surface area (Å²) < 4.78 is 6.77. The van der Waals surface area contributed by atoms with Crippen molar-refractivity contribution >= 4 is 44.3 Å². The first-order valence-electron chi connectivity index (χ1n) is 7.56. The van der Waals surface area contributed by atoms with Crippen molar-refractivity contribution in [3.05, 3.63) is 53.3 Å². The molecule has 0 saturated carbocycles. The average molecular weight is 371 g/mol. The highest BCUT2D eigenvalue weighted by Gasteiger charge is 2.26. The highest BCUT2D eigenvalue weighted by Crippen LogP contribution is 2.31. The molecule has 1 N–H and O–H groups in total. The van der Waals surface area contributed by atoms with Crippen molar-refractivity contribution in [2.45, 2.75) is 12.6 Å². The minimum absolute atomic E-state index is 0.404. The second-order valence-corrected chi connectivity index (χ2v) is 7.40. The SMILES string of the molecule is O=C(O)C1CSC(c2nc3ccc(OCc4ccccn4)cc3s2)=N1. The quantitative estimate of drug-likeness (QED) is 0.741. The maximum atomic E-state index is 11.0. The number of carboxylic acids is 1. The van der Waals surface area contributed by atoms with Gasteiger partial charge in [-0.05, 0) is 30.3 Å². The Labute approximate surface area is 151 Å². The van der Waals surface area contributed by atoms with Gasteiger partial charge in [0.25, 0.3) is 0 Å². The third kappa shape index (κ3) is 3.49. The van der Waals surface area contributed by atoms with E-state index in [-0.39, 0.29) is 0 Å². The number of carboxylic acid groups (broad SMARTS) is 1. The zero-order valence-electron chi connectivity index (χ0n) is 13.0. The molecule has 1 aliphatic rings. The van der Waals surface area contributed by atoms with Crippen LogP contribution in [0.4, 0.5) is 0 Å². The number of pyridine rings is 1. The van der Waals surface area contributed by atoms with Gasteiger partial charge < -0.3 is 9.84 Å². The van der Waals surface area contributed by atoms with Crippen LogP contribution in [0, 0.1) is 0 Å². The summed E-state index contributed by atoms with van der Waals surface area (Å²) in [5.74, 6) is 0.311. The minimum atomic E-state index is -0.895. The molecule has 3 heterocycles. The van der Waals surface area contributed by atoms with Crippen molar-refractivity contribution in [1.82, 2.24) is 9.97 Å². The van der Waals surface area contributed by atoms with Gasteiger partial charge in [0.1, 0.15) is 22.4 Å². The van der Waals surface area contributed by atoms with E-state index in [1.165, 1.54) is 23.1 Å². The average Bonchev–Trinajstić information content (AvgIpc) is 3.27. The van der Waals surface area contributed by atoms with Gasteiger partial charge in [-0.2, -0.15) is 0 Å². The molecular weight excluding hydrogens is 358 g/mol. The number of thiazole rings is 1. The number of benzene rings is 1. The zero-order valence-corrected chi connectivity index (χ0v) is 14.6. The number of rotatable bonds is 5. The van der Waals surface area contributed by atoms with Crippen LogP contribution >= 0.6 is 23.1 Å². The minimum Gasteiger partial charge on any atom is -0.487 e. The number of carbonyl (C=O) groups is 1. The summed E-state index contributed by atoms with van der Waals surface area (Å²) >= 11 is 2.93. The van der Waals surface area contributed by atoms with Gasteiger partial charge in [-0.25, -0.2) is 9.78 Å². The standard InChI is InChI=1S/C17H13N3O3S2/c21-17(22)13-9-24-15(20-13)16-19-12-5-4-11(7-14(12)25-16)23-8-10-3-1-2-6-18-10/h1-7,13H,8-9H2,(H,21,22). The summed E-state index contributed by atoms with van der Waals surface area (Å²) in [6, 6.07) is 10.7. The summed E-state index contributed by atoms with van der Waals surface area (Å²) in [5, 5.41) is 10.5. The molecule has 1 aromatic carbocycles. The van der Waals surface area contributed by atoms with Gasteiger partial charge in [-0.3, -0.25) is 9.98 Å². The number of aliphatic carboxylic acids is 1. The molecule has 4 rings (SSSR count).